The van der Waals surface area contributed by atoms with Gasteiger partial charge in [-0.2, -0.15) is 0 Å². The number of aliphatic hydroxyl groups excluding tert-OH is 1. The molecule has 1 aliphatic rings. The van der Waals surface area contributed by atoms with Crippen molar-refractivity contribution in [3.05, 3.63) is 0 Å². The fourth-order valence-electron chi connectivity index (χ4n) is 2.65. The summed E-state index contributed by atoms with van der Waals surface area (Å²) < 4.78 is 0. The normalized spacial score (nSPS) is 20.9. The van der Waals surface area contributed by atoms with Crippen LogP contribution in [0.25, 0.3) is 0 Å². The second-order valence-corrected chi connectivity index (χ2v) is 5.18. The smallest absolute Gasteiger partial charge is 0.236 e. The lowest BCUT2D eigenvalue weighted by atomic mass is 10.0. The van der Waals surface area contributed by atoms with E-state index in [1.54, 1.807) is 0 Å². The molecule has 18 heavy (non-hydrogen) atoms. The minimum atomic E-state index is 0.175. The van der Waals surface area contributed by atoms with E-state index in [1.807, 2.05) is 4.90 Å². The summed E-state index contributed by atoms with van der Waals surface area (Å²) >= 11 is 0. The average Bonchev–Trinajstić information content (AvgIpc) is 2.39. The molecule has 0 aromatic heterocycles. The number of carbonyl (C=O) groups excluding carboxylic acids is 1. The topological polar surface area (TPSA) is 43.8 Å². The molecule has 1 fully saturated rings. The Balaban J connectivity index is 2.49. The number of carbonyl (C=O) groups is 1. The lowest BCUT2D eigenvalue weighted by Gasteiger charge is -2.35. The maximum Gasteiger partial charge on any atom is 0.236 e. The lowest BCUT2D eigenvalue weighted by molar-refractivity contribution is -0.133. The number of rotatable bonds is 7. The Morgan fingerprint density at radius 3 is 2.50 bits per heavy atom. The molecule has 0 aromatic carbocycles. The third-order valence-electron chi connectivity index (χ3n) is 3.64. The highest BCUT2D eigenvalue weighted by Crippen LogP contribution is 2.16. The van der Waals surface area contributed by atoms with E-state index in [0.29, 0.717) is 6.54 Å². The molecule has 1 aliphatic heterocycles. The summed E-state index contributed by atoms with van der Waals surface area (Å²) in [4.78, 5) is 16.4. The van der Waals surface area contributed by atoms with Crippen LogP contribution in [0, 0.1) is 0 Å². The van der Waals surface area contributed by atoms with Crippen LogP contribution >= 0.6 is 0 Å². The van der Waals surface area contributed by atoms with E-state index in [0.717, 1.165) is 45.3 Å². The Labute approximate surface area is 111 Å². The maximum atomic E-state index is 12.3. The SMILES string of the molecule is CCCN(CCC)C(=O)CN1CCCCC1CO. The van der Waals surface area contributed by atoms with Gasteiger partial charge >= 0.3 is 0 Å². The molecule has 1 N–H and O–H groups in total. The molecule has 1 heterocycles. The largest absolute Gasteiger partial charge is 0.395 e. The molecule has 1 rings (SSSR count). The van der Waals surface area contributed by atoms with Crippen LogP contribution in [0.3, 0.4) is 0 Å². The summed E-state index contributed by atoms with van der Waals surface area (Å²) in [7, 11) is 0. The first kappa shape index (κ1) is 15.4. The number of hydrogen-bond acceptors (Lipinski definition) is 3. The Bertz CT molecular complexity index is 240. The van der Waals surface area contributed by atoms with E-state index in [9.17, 15) is 9.90 Å². The van der Waals surface area contributed by atoms with Gasteiger partial charge in [0.05, 0.1) is 13.2 Å². The average molecular weight is 256 g/mol. The Morgan fingerprint density at radius 2 is 1.94 bits per heavy atom. The molecular weight excluding hydrogens is 228 g/mol. The summed E-state index contributed by atoms with van der Waals surface area (Å²) in [6.07, 6.45) is 5.35. The van der Waals surface area contributed by atoms with E-state index in [1.165, 1.54) is 6.42 Å². The molecule has 0 spiro atoms. The van der Waals surface area contributed by atoms with E-state index >= 15 is 0 Å². The van der Waals surface area contributed by atoms with E-state index in [2.05, 4.69) is 18.7 Å². The molecule has 0 saturated carbocycles. The van der Waals surface area contributed by atoms with Gasteiger partial charge in [0, 0.05) is 19.1 Å². The van der Waals surface area contributed by atoms with Crippen LogP contribution in [0.2, 0.25) is 0 Å². The van der Waals surface area contributed by atoms with Crippen molar-refractivity contribution in [1.29, 1.82) is 0 Å². The van der Waals surface area contributed by atoms with Gasteiger partial charge in [0.2, 0.25) is 5.91 Å². The molecule has 0 bridgehead atoms. The van der Waals surface area contributed by atoms with Gasteiger partial charge in [0.15, 0.2) is 0 Å². The Hall–Kier alpha value is -0.610. The molecule has 4 heteroatoms. The van der Waals surface area contributed by atoms with Crippen molar-refractivity contribution < 1.29 is 9.90 Å². The third kappa shape index (κ3) is 4.58. The predicted octanol–water partition coefficient (Wildman–Crippen LogP) is 1.48. The van der Waals surface area contributed by atoms with Crippen LogP contribution in [0.5, 0.6) is 0 Å². The van der Waals surface area contributed by atoms with Gasteiger partial charge in [0.1, 0.15) is 0 Å². The zero-order chi connectivity index (χ0) is 13.4. The first-order valence-electron chi connectivity index (χ1n) is 7.35. The van der Waals surface area contributed by atoms with Gasteiger partial charge in [0.25, 0.3) is 0 Å². The minimum absolute atomic E-state index is 0.175. The molecule has 106 valence electrons. The van der Waals surface area contributed by atoms with Crippen LogP contribution in [-0.2, 0) is 4.79 Å². The second kappa shape index (κ2) is 8.48. The van der Waals surface area contributed by atoms with Crippen LogP contribution in [0.15, 0.2) is 0 Å². The van der Waals surface area contributed by atoms with Crippen molar-refractivity contribution >= 4 is 5.91 Å². The van der Waals surface area contributed by atoms with Crippen LogP contribution < -0.4 is 0 Å². The highest BCUT2D eigenvalue weighted by atomic mass is 16.3. The first-order valence-corrected chi connectivity index (χ1v) is 7.35. The molecule has 0 radical (unpaired) electrons. The number of amides is 1. The maximum absolute atomic E-state index is 12.3. The van der Waals surface area contributed by atoms with Crippen molar-refractivity contribution in [3.63, 3.8) is 0 Å². The Morgan fingerprint density at radius 1 is 1.28 bits per heavy atom. The van der Waals surface area contributed by atoms with E-state index < -0.39 is 0 Å². The highest BCUT2D eigenvalue weighted by molar-refractivity contribution is 5.78. The monoisotopic (exact) mass is 256 g/mol. The van der Waals surface area contributed by atoms with Gasteiger partial charge < -0.3 is 10.0 Å². The van der Waals surface area contributed by atoms with Crippen molar-refractivity contribution in [2.75, 3.05) is 32.8 Å². The van der Waals surface area contributed by atoms with Gasteiger partial charge in [-0.15, -0.1) is 0 Å². The number of aliphatic hydroxyl groups is 1. The van der Waals surface area contributed by atoms with Gasteiger partial charge in [-0.3, -0.25) is 9.69 Å². The minimum Gasteiger partial charge on any atom is -0.395 e. The van der Waals surface area contributed by atoms with Crippen molar-refractivity contribution in [2.24, 2.45) is 0 Å². The van der Waals surface area contributed by atoms with Crippen molar-refractivity contribution in [2.45, 2.75) is 52.0 Å². The molecule has 0 aromatic rings. The van der Waals surface area contributed by atoms with Gasteiger partial charge in [-0.1, -0.05) is 20.3 Å². The number of hydrogen-bond donors (Lipinski definition) is 1. The molecule has 1 amide bonds. The molecule has 0 aliphatic carbocycles. The number of likely N-dealkylation sites (tertiary alicyclic amines) is 1. The molecule has 1 unspecified atom stereocenters. The van der Waals surface area contributed by atoms with E-state index in [4.69, 9.17) is 0 Å². The Kier molecular flexibility index (Phi) is 7.28. The summed E-state index contributed by atoms with van der Waals surface area (Å²) in [6, 6.07) is 0.188. The molecule has 1 atom stereocenters. The molecule has 4 nitrogen and oxygen atoms in total. The summed E-state index contributed by atoms with van der Waals surface area (Å²) in [5.74, 6) is 0.221. The van der Waals surface area contributed by atoms with E-state index in [-0.39, 0.29) is 18.6 Å². The van der Waals surface area contributed by atoms with Gasteiger partial charge in [-0.25, -0.2) is 0 Å². The zero-order valence-corrected chi connectivity index (χ0v) is 11.9. The third-order valence-corrected chi connectivity index (χ3v) is 3.64. The quantitative estimate of drug-likeness (QED) is 0.750. The second-order valence-electron chi connectivity index (χ2n) is 5.18. The summed E-state index contributed by atoms with van der Waals surface area (Å²) in [5.41, 5.74) is 0. The first-order chi connectivity index (χ1) is 8.72. The lowest BCUT2D eigenvalue weighted by Crippen LogP contribution is -2.48. The standard InChI is InChI=1S/C14H28N2O2/c1-3-8-15(9-4-2)14(18)11-16-10-6-5-7-13(16)12-17/h13,17H,3-12H2,1-2H3. The fourth-order valence-corrected chi connectivity index (χ4v) is 2.65. The van der Waals surface area contributed by atoms with Crippen LogP contribution in [0.4, 0.5) is 0 Å². The van der Waals surface area contributed by atoms with Gasteiger partial charge in [-0.05, 0) is 32.2 Å². The molecule has 1 saturated heterocycles. The zero-order valence-electron chi connectivity index (χ0n) is 11.9. The van der Waals surface area contributed by atoms with Crippen molar-refractivity contribution in [1.82, 2.24) is 9.80 Å². The predicted molar refractivity (Wildman–Crippen MR) is 73.5 cm³/mol. The highest BCUT2D eigenvalue weighted by Gasteiger charge is 2.25. The summed E-state index contributed by atoms with van der Waals surface area (Å²) in [6.45, 7) is 7.51. The summed E-state index contributed by atoms with van der Waals surface area (Å²) in [5, 5.41) is 9.35. The van der Waals surface area contributed by atoms with Crippen LogP contribution in [-0.4, -0.2) is 59.6 Å². The number of nitrogens with zero attached hydrogens (tertiary/aromatic N) is 2. The van der Waals surface area contributed by atoms with Crippen LogP contribution in [0.1, 0.15) is 46.0 Å². The van der Waals surface area contributed by atoms with Crippen molar-refractivity contribution in [3.8, 4) is 0 Å². The fraction of sp³-hybridized carbons (Fsp3) is 0.929. The number of piperidine rings is 1. The molecular formula is C14H28N2O2.